The number of nitrogens with zero attached hydrogens (tertiary/aromatic N) is 1. The summed E-state index contributed by atoms with van der Waals surface area (Å²) in [6, 6.07) is 4.39. The number of nitro benzene ring substituents is 1. The summed E-state index contributed by atoms with van der Waals surface area (Å²) in [7, 11) is 0. The van der Waals surface area contributed by atoms with Crippen molar-refractivity contribution >= 4 is 28.6 Å². The number of hydrogen-bond acceptors (Lipinski definition) is 4. The zero-order valence-electron chi connectivity index (χ0n) is 7.89. The zero-order chi connectivity index (χ0) is 11.0. The summed E-state index contributed by atoms with van der Waals surface area (Å²) < 4.78 is 5.43. The Labute approximate surface area is 91.2 Å². The molecule has 0 aromatic heterocycles. The van der Waals surface area contributed by atoms with Crippen LogP contribution in [0.5, 0.6) is 5.75 Å². The summed E-state index contributed by atoms with van der Waals surface area (Å²) in [6.45, 7) is 1.79. The Morgan fingerprint density at radius 3 is 3.00 bits per heavy atom. The Morgan fingerprint density at radius 2 is 2.33 bits per heavy atom. The molecule has 0 saturated carbocycles. The van der Waals surface area contributed by atoms with Crippen LogP contribution in [-0.2, 0) is 0 Å². The monoisotopic (exact) mass is 224 g/mol. The lowest BCUT2D eigenvalue weighted by Crippen LogP contribution is -2.32. The van der Waals surface area contributed by atoms with Crippen molar-refractivity contribution in [2.24, 2.45) is 0 Å². The highest BCUT2D eigenvalue weighted by atomic mass is 32.1. The Bertz CT molecular complexity index is 447. The number of nitro groups is 1. The summed E-state index contributed by atoms with van der Waals surface area (Å²) in [5.41, 5.74) is 0.680. The first-order valence-corrected chi connectivity index (χ1v) is 4.75. The van der Waals surface area contributed by atoms with Gasteiger partial charge < -0.3 is 10.1 Å². The Morgan fingerprint density at radius 1 is 1.60 bits per heavy atom. The SMILES string of the molecule is CC1Oc2cc([N+](=O)[O-])ccc2NC1=S. The van der Waals surface area contributed by atoms with Gasteiger partial charge in [0.25, 0.3) is 5.69 Å². The molecule has 78 valence electrons. The molecule has 0 saturated heterocycles. The van der Waals surface area contributed by atoms with E-state index in [4.69, 9.17) is 17.0 Å². The minimum atomic E-state index is -0.457. The molecule has 1 aromatic carbocycles. The van der Waals surface area contributed by atoms with E-state index < -0.39 is 4.92 Å². The van der Waals surface area contributed by atoms with Crippen LogP contribution in [0.15, 0.2) is 18.2 Å². The standard InChI is InChI=1S/C9H8N2O3S/c1-5-9(15)10-7-3-2-6(11(12)13)4-8(7)14-5/h2-5H,1H3,(H,10,15). The van der Waals surface area contributed by atoms with E-state index in [1.165, 1.54) is 12.1 Å². The van der Waals surface area contributed by atoms with Crippen molar-refractivity contribution in [3.05, 3.63) is 28.3 Å². The van der Waals surface area contributed by atoms with Crippen molar-refractivity contribution in [3.8, 4) is 5.75 Å². The second kappa shape index (κ2) is 3.47. The normalized spacial score (nSPS) is 18.7. The summed E-state index contributed by atoms with van der Waals surface area (Å²) in [6.07, 6.45) is -0.255. The lowest BCUT2D eigenvalue weighted by atomic mass is 10.2. The van der Waals surface area contributed by atoms with Crippen LogP contribution in [-0.4, -0.2) is 16.0 Å². The molecule has 0 fully saturated rings. The average molecular weight is 224 g/mol. The highest BCUT2D eigenvalue weighted by molar-refractivity contribution is 7.80. The number of benzene rings is 1. The lowest BCUT2D eigenvalue weighted by molar-refractivity contribution is -0.384. The van der Waals surface area contributed by atoms with Gasteiger partial charge in [-0.25, -0.2) is 0 Å². The number of hydrogen-bond donors (Lipinski definition) is 1. The summed E-state index contributed by atoms with van der Waals surface area (Å²) >= 11 is 5.02. The fourth-order valence-electron chi connectivity index (χ4n) is 1.30. The zero-order valence-corrected chi connectivity index (χ0v) is 8.71. The van der Waals surface area contributed by atoms with Gasteiger partial charge in [-0.1, -0.05) is 12.2 Å². The van der Waals surface area contributed by atoms with Gasteiger partial charge in [-0.2, -0.15) is 0 Å². The van der Waals surface area contributed by atoms with E-state index in [2.05, 4.69) is 5.32 Å². The van der Waals surface area contributed by atoms with E-state index >= 15 is 0 Å². The van der Waals surface area contributed by atoms with Crippen LogP contribution in [0.1, 0.15) is 6.92 Å². The predicted molar refractivity (Wildman–Crippen MR) is 59.4 cm³/mol. The molecule has 0 bridgehead atoms. The molecule has 1 aromatic rings. The number of thiocarbonyl (C=S) groups is 1. The number of nitrogens with one attached hydrogen (secondary N) is 1. The van der Waals surface area contributed by atoms with Gasteiger partial charge in [-0.15, -0.1) is 0 Å². The van der Waals surface area contributed by atoms with Gasteiger partial charge in [0, 0.05) is 6.07 Å². The van der Waals surface area contributed by atoms with Crippen molar-refractivity contribution < 1.29 is 9.66 Å². The number of rotatable bonds is 1. The van der Waals surface area contributed by atoms with Gasteiger partial charge in [0.15, 0.2) is 5.75 Å². The molecule has 0 spiro atoms. The van der Waals surface area contributed by atoms with Crippen molar-refractivity contribution in [1.82, 2.24) is 0 Å². The maximum atomic E-state index is 10.5. The Kier molecular flexibility index (Phi) is 2.28. The van der Waals surface area contributed by atoms with Crippen molar-refractivity contribution in [2.45, 2.75) is 13.0 Å². The number of ether oxygens (including phenoxy) is 1. The molecule has 1 atom stereocenters. The van der Waals surface area contributed by atoms with Gasteiger partial charge >= 0.3 is 0 Å². The summed E-state index contributed by atoms with van der Waals surface area (Å²) in [5, 5.41) is 13.5. The highest BCUT2D eigenvalue weighted by Gasteiger charge is 2.22. The van der Waals surface area contributed by atoms with Crippen LogP contribution in [0.25, 0.3) is 0 Å². The molecule has 1 aliphatic rings. The smallest absolute Gasteiger partial charge is 0.273 e. The van der Waals surface area contributed by atoms with Crippen LogP contribution in [0.4, 0.5) is 11.4 Å². The Hall–Kier alpha value is -1.69. The van der Waals surface area contributed by atoms with Gasteiger partial charge in [0.05, 0.1) is 16.7 Å². The first kappa shape index (κ1) is 9.85. The fourth-order valence-corrected chi connectivity index (χ4v) is 1.46. The topological polar surface area (TPSA) is 64.4 Å². The molecule has 1 N–H and O–H groups in total. The molecule has 0 aliphatic carbocycles. The fraction of sp³-hybridized carbons (Fsp3) is 0.222. The van der Waals surface area contributed by atoms with Crippen molar-refractivity contribution in [3.63, 3.8) is 0 Å². The van der Waals surface area contributed by atoms with Gasteiger partial charge in [0.2, 0.25) is 0 Å². The minimum absolute atomic E-state index is 0.00979. The van der Waals surface area contributed by atoms with Crippen LogP contribution in [0.3, 0.4) is 0 Å². The number of fused-ring (bicyclic) bond motifs is 1. The van der Waals surface area contributed by atoms with E-state index in [-0.39, 0.29) is 11.8 Å². The molecular weight excluding hydrogens is 216 g/mol. The van der Waals surface area contributed by atoms with Gasteiger partial charge in [-0.3, -0.25) is 10.1 Å². The quantitative estimate of drug-likeness (QED) is 0.449. The molecule has 0 amide bonds. The summed E-state index contributed by atoms with van der Waals surface area (Å²) in [4.78, 5) is 10.7. The third kappa shape index (κ3) is 1.75. The first-order chi connectivity index (χ1) is 7.08. The van der Waals surface area contributed by atoms with Crippen molar-refractivity contribution in [2.75, 3.05) is 5.32 Å². The van der Waals surface area contributed by atoms with E-state index in [1.807, 2.05) is 0 Å². The minimum Gasteiger partial charge on any atom is -0.481 e. The van der Waals surface area contributed by atoms with E-state index in [0.717, 1.165) is 0 Å². The largest absolute Gasteiger partial charge is 0.481 e. The first-order valence-electron chi connectivity index (χ1n) is 4.34. The maximum absolute atomic E-state index is 10.5. The number of non-ortho nitro benzene ring substituents is 1. The molecule has 5 nitrogen and oxygen atoms in total. The van der Waals surface area contributed by atoms with Crippen LogP contribution >= 0.6 is 12.2 Å². The lowest BCUT2D eigenvalue weighted by Gasteiger charge is -2.24. The van der Waals surface area contributed by atoms with Gasteiger partial charge in [0.1, 0.15) is 11.1 Å². The molecular formula is C9H8N2O3S. The molecule has 2 rings (SSSR count). The molecule has 1 heterocycles. The predicted octanol–water partition coefficient (Wildman–Crippen LogP) is 2.11. The van der Waals surface area contributed by atoms with Crippen LogP contribution in [0.2, 0.25) is 0 Å². The van der Waals surface area contributed by atoms with E-state index in [9.17, 15) is 10.1 Å². The third-order valence-electron chi connectivity index (χ3n) is 2.11. The molecule has 1 unspecified atom stereocenters. The summed E-state index contributed by atoms with van der Waals surface area (Å²) in [5.74, 6) is 0.463. The Balaban J connectivity index is 2.41. The number of anilines is 1. The average Bonchev–Trinajstić information content (AvgIpc) is 2.19. The molecule has 15 heavy (non-hydrogen) atoms. The molecule has 1 aliphatic heterocycles. The van der Waals surface area contributed by atoms with Crippen molar-refractivity contribution in [1.29, 1.82) is 0 Å². The molecule has 0 radical (unpaired) electrons. The highest BCUT2D eigenvalue weighted by Crippen LogP contribution is 2.33. The second-order valence-corrected chi connectivity index (χ2v) is 3.63. The van der Waals surface area contributed by atoms with Crippen LogP contribution in [0, 0.1) is 10.1 Å². The van der Waals surface area contributed by atoms with E-state index in [0.29, 0.717) is 16.4 Å². The second-order valence-electron chi connectivity index (χ2n) is 3.19. The third-order valence-corrected chi connectivity index (χ3v) is 2.54. The molecule has 6 heteroatoms. The van der Waals surface area contributed by atoms with E-state index in [1.54, 1.807) is 13.0 Å². The van der Waals surface area contributed by atoms with Crippen LogP contribution < -0.4 is 10.1 Å². The maximum Gasteiger partial charge on any atom is 0.273 e. The van der Waals surface area contributed by atoms with Gasteiger partial charge in [-0.05, 0) is 13.0 Å².